The normalized spacial score (nSPS) is 15.1. The second-order valence-electron chi connectivity index (χ2n) is 6.30. The van der Waals surface area contributed by atoms with Gasteiger partial charge < -0.3 is 15.2 Å². The Morgan fingerprint density at radius 3 is 2.52 bits per heavy atom. The number of primary amides is 1. The van der Waals surface area contributed by atoms with Gasteiger partial charge in [0, 0.05) is 18.7 Å². The fourth-order valence-corrected chi connectivity index (χ4v) is 4.30. The number of sulfonamides is 1. The molecule has 1 saturated heterocycles. The molecular formula is C19H19FN2O6S. The molecular weight excluding hydrogens is 403 g/mol. The van der Waals surface area contributed by atoms with Crippen LogP contribution in [0, 0.1) is 5.82 Å². The number of ether oxygens (including phenoxy) is 2. The van der Waals surface area contributed by atoms with Gasteiger partial charge in [-0.1, -0.05) is 12.1 Å². The van der Waals surface area contributed by atoms with Crippen molar-refractivity contribution >= 4 is 21.9 Å². The minimum absolute atomic E-state index is 0.104. The third-order valence-corrected chi connectivity index (χ3v) is 6.25. The lowest BCUT2D eigenvalue weighted by Gasteiger charge is -2.26. The zero-order valence-corrected chi connectivity index (χ0v) is 16.2. The minimum atomic E-state index is -4.11. The first-order valence-corrected chi connectivity index (χ1v) is 10.2. The fourth-order valence-electron chi connectivity index (χ4n) is 2.80. The number of carbonyl (C=O) groups is 2. The number of esters is 1. The summed E-state index contributed by atoms with van der Waals surface area (Å²) in [7, 11) is -4.11. The maximum absolute atomic E-state index is 14.2. The van der Waals surface area contributed by atoms with Gasteiger partial charge in [-0.3, -0.25) is 4.79 Å². The van der Waals surface area contributed by atoms with E-state index >= 15 is 0 Å². The minimum Gasteiger partial charge on any atom is -0.457 e. The first-order valence-electron chi connectivity index (χ1n) is 8.72. The van der Waals surface area contributed by atoms with Gasteiger partial charge >= 0.3 is 5.97 Å². The van der Waals surface area contributed by atoms with Crippen LogP contribution in [0.4, 0.5) is 4.39 Å². The highest BCUT2D eigenvalue weighted by molar-refractivity contribution is 7.89. The summed E-state index contributed by atoms with van der Waals surface area (Å²) in [6, 6.07) is 9.26. The van der Waals surface area contributed by atoms with Crippen LogP contribution in [0.15, 0.2) is 47.4 Å². The van der Waals surface area contributed by atoms with Gasteiger partial charge in [0.05, 0.1) is 18.8 Å². The molecule has 0 atom stereocenters. The van der Waals surface area contributed by atoms with Gasteiger partial charge in [-0.15, -0.1) is 0 Å². The molecule has 29 heavy (non-hydrogen) atoms. The molecule has 1 heterocycles. The molecule has 2 aromatic carbocycles. The summed E-state index contributed by atoms with van der Waals surface area (Å²) in [6.07, 6.45) is 0. The van der Waals surface area contributed by atoms with Gasteiger partial charge in [0.15, 0.2) is 0 Å². The zero-order valence-electron chi connectivity index (χ0n) is 15.3. The summed E-state index contributed by atoms with van der Waals surface area (Å²) >= 11 is 0. The van der Waals surface area contributed by atoms with E-state index in [0.717, 1.165) is 22.5 Å². The number of nitrogens with two attached hydrogens (primary N) is 1. The van der Waals surface area contributed by atoms with Gasteiger partial charge in [-0.2, -0.15) is 4.31 Å². The Morgan fingerprint density at radius 2 is 1.83 bits per heavy atom. The number of nitrogens with zero attached hydrogens (tertiary/aromatic N) is 1. The number of benzene rings is 2. The molecule has 0 saturated carbocycles. The van der Waals surface area contributed by atoms with E-state index in [-0.39, 0.29) is 44.0 Å². The van der Waals surface area contributed by atoms with E-state index in [1.807, 2.05) is 0 Å². The Morgan fingerprint density at radius 1 is 1.10 bits per heavy atom. The van der Waals surface area contributed by atoms with Crippen LogP contribution in [-0.4, -0.2) is 50.9 Å². The molecule has 1 aliphatic rings. The first-order chi connectivity index (χ1) is 13.8. The van der Waals surface area contributed by atoms with Crippen molar-refractivity contribution in [3.05, 3.63) is 65.0 Å². The van der Waals surface area contributed by atoms with Gasteiger partial charge in [0.1, 0.15) is 17.3 Å². The van der Waals surface area contributed by atoms with Crippen LogP contribution in [0.1, 0.15) is 26.3 Å². The molecule has 0 spiro atoms. The molecule has 1 amide bonds. The molecule has 154 valence electrons. The van der Waals surface area contributed by atoms with Crippen LogP contribution in [0.3, 0.4) is 0 Å². The zero-order chi connectivity index (χ0) is 21.0. The van der Waals surface area contributed by atoms with E-state index in [9.17, 15) is 22.4 Å². The molecule has 0 unspecified atom stereocenters. The van der Waals surface area contributed by atoms with Crippen molar-refractivity contribution in [3.8, 4) is 0 Å². The van der Waals surface area contributed by atoms with Crippen molar-refractivity contribution in [1.82, 2.24) is 4.31 Å². The quantitative estimate of drug-likeness (QED) is 0.702. The van der Waals surface area contributed by atoms with Gasteiger partial charge in [-0.05, 0) is 35.9 Å². The Hall–Kier alpha value is -2.82. The highest BCUT2D eigenvalue weighted by Gasteiger charge is 2.30. The molecule has 8 nitrogen and oxygen atoms in total. The van der Waals surface area contributed by atoms with Crippen LogP contribution in [0.25, 0.3) is 0 Å². The number of amides is 1. The molecule has 2 aromatic rings. The van der Waals surface area contributed by atoms with Crippen molar-refractivity contribution < 1.29 is 31.9 Å². The molecule has 3 rings (SSSR count). The maximum atomic E-state index is 14.2. The predicted octanol–water partition coefficient (Wildman–Crippen LogP) is 1.30. The lowest BCUT2D eigenvalue weighted by Crippen LogP contribution is -2.41. The second-order valence-corrected chi connectivity index (χ2v) is 8.21. The molecule has 1 fully saturated rings. The number of carbonyl (C=O) groups excluding carboxylic acids is 2. The van der Waals surface area contributed by atoms with Crippen LogP contribution < -0.4 is 5.73 Å². The largest absolute Gasteiger partial charge is 0.457 e. The molecule has 2 N–H and O–H groups in total. The molecule has 1 aliphatic heterocycles. The van der Waals surface area contributed by atoms with Gasteiger partial charge in [-0.25, -0.2) is 17.6 Å². The highest BCUT2D eigenvalue weighted by Crippen LogP contribution is 2.22. The van der Waals surface area contributed by atoms with Crippen molar-refractivity contribution in [2.45, 2.75) is 11.5 Å². The summed E-state index contributed by atoms with van der Waals surface area (Å²) in [5.41, 5.74) is 5.89. The maximum Gasteiger partial charge on any atom is 0.338 e. The SMILES string of the molecule is NC(=O)c1cccc(COC(=O)c2ccc(F)c(S(=O)(=O)N3CCOCC3)c2)c1. The van der Waals surface area contributed by atoms with E-state index in [1.54, 1.807) is 12.1 Å². The lowest BCUT2D eigenvalue weighted by atomic mass is 10.1. The first kappa shape index (κ1) is 20.9. The van der Waals surface area contributed by atoms with E-state index in [1.165, 1.54) is 12.1 Å². The van der Waals surface area contributed by atoms with Crippen molar-refractivity contribution in [3.63, 3.8) is 0 Å². The van der Waals surface area contributed by atoms with E-state index in [0.29, 0.717) is 5.56 Å². The van der Waals surface area contributed by atoms with Gasteiger partial charge in [0.2, 0.25) is 15.9 Å². The monoisotopic (exact) mass is 422 g/mol. The number of hydrogen-bond donors (Lipinski definition) is 1. The van der Waals surface area contributed by atoms with E-state index < -0.39 is 32.6 Å². The Balaban J connectivity index is 1.77. The second kappa shape index (κ2) is 8.68. The summed E-state index contributed by atoms with van der Waals surface area (Å²) < 4.78 is 51.0. The van der Waals surface area contributed by atoms with Crippen LogP contribution in [0.5, 0.6) is 0 Å². The van der Waals surface area contributed by atoms with E-state index in [2.05, 4.69) is 0 Å². The van der Waals surface area contributed by atoms with Crippen LogP contribution in [-0.2, 0) is 26.1 Å². The number of halogens is 1. The fraction of sp³-hybridized carbons (Fsp3) is 0.263. The Bertz CT molecular complexity index is 1030. The number of morpholine rings is 1. The third-order valence-electron chi connectivity index (χ3n) is 4.34. The Labute approximate surface area is 167 Å². The topological polar surface area (TPSA) is 116 Å². The molecule has 0 aromatic heterocycles. The average Bonchev–Trinajstić information content (AvgIpc) is 2.73. The standard InChI is InChI=1S/C19H19FN2O6S/c20-16-5-4-15(11-17(16)29(25,26)22-6-8-27-9-7-22)19(24)28-12-13-2-1-3-14(10-13)18(21)23/h1-5,10-11H,6-9,12H2,(H2,21,23). The summed E-state index contributed by atoms with van der Waals surface area (Å²) in [5.74, 6) is -2.40. The van der Waals surface area contributed by atoms with Crippen molar-refractivity contribution in [1.29, 1.82) is 0 Å². The highest BCUT2D eigenvalue weighted by atomic mass is 32.2. The predicted molar refractivity (Wildman–Crippen MR) is 100 cm³/mol. The lowest BCUT2D eigenvalue weighted by molar-refractivity contribution is 0.0472. The summed E-state index contributed by atoms with van der Waals surface area (Å²) in [6.45, 7) is 0.474. The molecule has 10 heteroatoms. The molecule has 0 radical (unpaired) electrons. The smallest absolute Gasteiger partial charge is 0.338 e. The van der Waals surface area contributed by atoms with Crippen LogP contribution >= 0.6 is 0 Å². The molecule has 0 aliphatic carbocycles. The molecule has 0 bridgehead atoms. The summed E-state index contributed by atoms with van der Waals surface area (Å²) in [5, 5.41) is 0. The van der Waals surface area contributed by atoms with E-state index in [4.69, 9.17) is 15.2 Å². The Kier molecular flexibility index (Phi) is 6.26. The van der Waals surface area contributed by atoms with Crippen molar-refractivity contribution in [2.75, 3.05) is 26.3 Å². The summed E-state index contributed by atoms with van der Waals surface area (Å²) in [4.78, 5) is 23.0. The van der Waals surface area contributed by atoms with Crippen LogP contribution in [0.2, 0.25) is 0 Å². The van der Waals surface area contributed by atoms with Crippen molar-refractivity contribution in [2.24, 2.45) is 5.73 Å². The third kappa shape index (κ3) is 4.78. The average molecular weight is 422 g/mol. The number of rotatable bonds is 6. The number of hydrogen-bond acceptors (Lipinski definition) is 6. The van der Waals surface area contributed by atoms with Gasteiger partial charge in [0.25, 0.3) is 0 Å².